The molecule has 0 unspecified atom stereocenters. The maximum atomic E-state index is 12.1. The minimum absolute atomic E-state index is 0.221. The fraction of sp³-hybridized carbons (Fsp3) is 0.278. The van der Waals surface area contributed by atoms with Gasteiger partial charge in [0, 0.05) is 6.61 Å². The zero-order valence-electron chi connectivity index (χ0n) is 12.7. The van der Waals surface area contributed by atoms with Crippen LogP contribution in [0.5, 0.6) is 0 Å². The molecule has 0 heterocycles. The monoisotopic (exact) mass is 300 g/mol. The molecule has 2 aromatic rings. The van der Waals surface area contributed by atoms with E-state index in [1.807, 2.05) is 49.4 Å². The number of ether oxygens (including phenoxy) is 1. The molecule has 22 heavy (non-hydrogen) atoms. The second-order valence-electron chi connectivity index (χ2n) is 4.72. The molecule has 0 radical (unpaired) electrons. The van der Waals surface area contributed by atoms with Crippen molar-refractivity contribution in [3.8, 4) is 11.1 Å². The van der Waals surface area contributed by atoms with Crippen molar-refractivity contribution in [1.82, 2.24) is 0 Å². The van der Waals surface area contributed by atoms with Gasteiger partial charge in [0.05, 0.1) is 12.2 Å². The molecule has 0 saturated heterocycles. The average molecular weight is 300 g/mol. The molecule has 0 aliphatic carbocycles. The Balaban J connectivity index is 1.96. The van der Waals surface area contributed by atoms with Gasteiger partial charge < -0.3 is 4.74 Å². The molecule has 0 saturated carbocycles. The summed E-state index contributed by atoms with van der Waals surface area (Å²) in [4.78, 5) is 21.9. The molecule has 2 aromatic carbocycles. The van der Waals surface area contributed by atoms with E-state index in [9.17, 15) is 4.79 Å². The van der Waals surface area contributed by atoms with Crippen LogP contribution in [-0.2, 0) is 14.5 Å². The third-order valence-electron chi connectivity index (χ3n) is 3.03. The van der Waals surface area contributed by atoms with Crippen LogP contribution in [-0.4, -0.2) is 25.8 Å². The van der Waals surface area contributed by atoms with E-state index in [1.165, 1.54) is 0 Å². The SMILES string of the molecule is CCCOCCOOC(=O)c1ccccc1-c1ccccc1. The van der Waals surface area contributed by atoms with Crippen molar-refractivity contribution in [3.63, 3.8) is 0 Å². The van der Waals surface area contributed by atoms with E-state index >= 15 is 0 Å². The number of carbonyl (C=O) groups is 1. The number of carbonyl (C=O) groups excluding carboxylic acids is 1. The summed E-state index contributed by atoms with van der Waals surface area (Å²) in [6.07, 6.45) is 0.949. The molecule has 0 spiro atoms. The Labute approximate surface area is 130 Å². The first-order valence-corrected chi connectivity index (χ1v) is 7.39. The van der Waals surface area contributed by atoms with Crippen LogP contribution >= 0.6 is 0 Å². The Kier molecular flexibility index (Phi) is 6.61. The second-order valence-corrected chi connectivity index (χ2v) is 4.72. The van der Waals surface area contributed by atoms with Gasteiger partial charge in [0.25, 0.3) is 0 Å². The van der Waals surface area contributed by atoms with E-state index in [-0.39, 0.29) is 6.61 Å². The Bertz CT molecular complexity index is 581. The smallest absolute Gasteiger partial charge is 0.373 e. The van der Waals surface area contributed by atoms with Crippen molar-refractivity contribution >= 4 is 5.97 Å². The first kappa shape index (κ1) is 16.2. The number of hydrogen-bond acceptors (Lipinski definition) is 4. The molecule has 4 heteroatoms. The van der Waals surface area contributed by atoms with Crippen LogP contribution in [0.4, 0.5) is 0 Å². The second kappa shape index (κ2) is 8.97. The van der Waals surface area contributed by atoms with Gasteiger partial charge in [0.15, 0.2) is 0 Å². The van der Waals surface area contributed by atoms with Crippen LogP contribution < -0.4 is 0 Å². The molecular weight excluding hydrogens is 280 g/mol. The van der Waals surface area contributed by atoms with Gasteiger partial charge in [-0.15, -0.1) is 0 Å². The molecule has 0 amide bonds. The highest BCUT2D eigenvalue weighted by Crippen LogP contribution is 2.23. The molecule has 0 aliphatic rings. The number of hydrogen-bond donors (Lipinski definition) is 0. The quantitative estimate of drug-likeness (QED) is 0.422. The fourth-order valence-corrected chi connectivity index (χ4v) is 2.01. The van der Waals surface area contributed by atoms with Gasteiger partial charge in [-0.3, -0.25) is 4.89 Å². The molecule has 0 fully saturated rings. The van der Waals surface area contributed by atoms with Crippen LogP contribution in [0, 0.1) is 0 Å². The summed E-state index contributed by atoms with van der Waals surface area (Å²) in [5.74, 6) is -0.505. The van der Waals surface area contributed by atoms with Gasteiger partial charge in [-0.2, -0.15) is 4.89 Å². The van der Waals surface area contributed by atoms with E-state index in [4.69, 9.17) is 14.5 Å². The third-order valence-corrected chi connectivity index (χ3v) is 3.03. The van der Waals surface area contributed by atoms with Gasteiger partial charge in [-0.1, -0.05) is 55.5 Å². The average Bonchev–Trinajstić information content (AvgIpc) is 2.58. The maximum Gasteiger partial charge on any atom is 0.373 e. The fourth-order valence-electron chi connectivity index (χ4n) is 2.01. The van der Waals surface area contributed by atoms with Gasteiger partial charge in [0.1, 0.15) is 6.61 Å². The maximum absolute atomic E-state index is 12.1. The molecule has 0 bridgehead atoms. The molecule has 4 nitrogen and oxygen atoms in total. The van der Waals surface area contributed by atoms with Gasteiger partial charge >= 0.3 is 5.97 Å². The predicted molar refractivity (Wildman–Crippen MR) is 84.4 cm³/mol. The summed E-state index contributed by atoms with van der Waals surface area (Å²) in [5.41, 5.74) is 2.25. The minimum atomic E-state index is -0.505. The molecule has 0 atom stereocenters. The van der Waals surface area contributed by atoms with Crippen molar-refractivity contribution in [2.75, 3.05) is 19.8 Å². The van der Waals surface area contributed by atoms with E-state index < -0.39 is 5.97 Å². The van der Waals surface area contributed by atoms with E-state index in [0.717, 1.165) is 17.5 Å². The standard InChI is InChI=1S/C18H20O4/c1-2-12-20-13-14-21-22-18(19)17-11-7-6-10-16(17)15-8-4-3-5-9-15/h3-11H,2,12-14H2,1H3. The van der Waals surface area contributed by atoms with Crippen molar-refractivity contribution in [2.24, 2.45) is 0 Å². The van der Waals surface area contributed by atoms with Crippen LogP contribution in [0.3, 0.4) is 0 Å². The topological polar surface area (TPSA) is 44.8 Å². The zero-order valence-corrected chi connectivity index (χ0v) is 12.7. The molecule has 0 N–H and O–H groups in total. The van der Waals surface area contributed by atoms with Crippen LogP contribution in [0.25, 0.3) is 11.1 Å². The molecule has 116 valence electrons. The van der Waals surface area contributed by atoms with Gasteiger partial charge in [-0.05, 0) is 23.6 Å². The molecular formula is C18H20O4. The largest absolute Gasteiger partial charge is 0.379 e. The summed E-state index contributed by atoms with van der Waals surface area (Å²) in [7, 11) is 0. The Morgan fingerprint density at radius 2 is 1.64 bits per heavy atom. The number of rotatable bonds is 8. The summed E-state index contributed by atoms with van der Waals surface area (Å²) in [6, 6.07) is 17.0. The normalized spacial score (nSPS) is 10.4. The first-order chi connectivity index (χ1) is 10.8. The number of benzene rings is 2. The van der Waals surface area contributed by atoms with Gasteiger partial charge in [-0.25, -0.2) is 4.79 Å². The van der Waals surface area contributed by atoms with Crippen molar-refractivity contribution in [1.29, 1.82) is 0 Å². The van der Waals surface area contributed by atoms with Crippen LogP contribution in [0.1, 0.15) is 23.7 Å². The minimum Gasteiger partial charge on any atom is -0.379 e. The lowest BCUT2D eigenvalue weighted by Crippen LogP contribution is -2.11. The van der Waals surface area contributed by atoms with E-state index in [1.54, 1.807) is 12.1 Å². The summed E-state index contributed by atoms with van der Waals surface area (Å²) in [5, 5.41) is 0. The lowest BCUT2D eigenvalue weighted by molar-refractivity contribution is -0.247. The highest BCUT2D eigenvalue weighted by atomic mass is 17.2. The van der Waals surface area contributed by atoms with E-state index in [0.29, 0.717) is 18.8 Å². The Hall–Kier alpha value is -2.17. The summed E-state index contributed by atoms with van der Waals surface area (Å²) in [6.45, 7) is 3.33. The molecule has 0 aromatic heterocycles. The zero-order chi connectivity index (χ0) is 15.6. The summed E-state index contributed by atoms with van der Waals surface area (Å²) >= 11 is 0. The molecule has 2 rings (SSSR count). The Morgan fingerprint density at radius 3 is 2.41 bits per heavy atom. The highest BCUT2D eigenvalue weighted by Gasteiger charge is 2.14. The Morgan fingerprint density at radius 1 is 0.909 bits per heavy atom. The third kappa shape index (κ3) is 4.69. The predicted octanol–water partition coefficient (Wildman–Crippen LogP) is 3.87. The van der Waals surface area contributed by atoms with Crippen molar-refractivity contribution in [3.05, 3.63) is 60.2 Å². The first-order valence-electron chi connectivity index (χ1n) is 7.39. The van der Waals surface area contributed by atoms with Crippen molar-refractivity contribution in [2.45, 2.75) is 13.3 Å². The highest BCUT2D eigenvalue weighted by molar-refractivity contribution is 5.96. The van der Waals surface area contributed by atoms with Crippen LogP contribution in [0.2, 0.25) is 0 Å². The molecule has 0 aliphatic heterocycles. The van der Waals surface area contributed by atoms with Crippen molar-refractivity contribution < 1.29 is 19.3 Å². The lowest BCUT2D eigenvalue weighted by atomic mass is 10.00. The van der Waals surface area contributed by atoms with Crippen LogP contribution in [0.15, 0.2) is 54.6 Å². The van der Waals surface area contributed by atoms with Gasteiger partial charge in [0.2, 0.25) is 0 Å². The summed E-state index contributed by atoms with van der Waals surface area (Å²) < 4.78 is 5.25. The lowest BCUT2D eigenvalue weighted by Gasteiger charge is -2.09. The van der Waals surface area contributed by atoms with E-state index in [2.05, 4.69) is 0 Å².